The van der Waals surface area contributed by atoms with Crippen molar-refractivity contribution in [2.45, 2.75) is 27.2 Å². The SMILES string of the molecule is CC(C)(C)C(=N)N1CCCOCC1. The standard InChI is InChI=1S/C10H20N2O/c1-10(2,3)9(11)12-5-4-7-13-8-6-12/h11H,4-8H2,1-3H3. The van der Waals surface area contributed by atoms with Crippen molar-refractivity contribution >= 4 is 5.84 Å². The van der Waals surface area contributed by atoms with Gasteiger partial charge in [0.25, 0.3) is 0 Å². The summed E-state index contributed by atoms with van der Waals surface area (Å²) >= 11 is 0. The summed E-state index contributed by atoms with van der Waals surface area (Å²) in [5, 5.41) is 8.00. The highest BCUT2D eigenvalue weighted by Crippen LogP contribution is 2.18. The zero-order valence-electron chi connectivity index (χ0n) is 8.89. The van der Waals surface area contributed by atoms with Crippen LogP contribution in [-0.2, 0) is 4.74 Å². The van der Waals surface area contributed by atoms with Crippen molar-refractivity contribution in [2.24, 2.45) is 5.41 Å². The van der Waals surface area contributed by atoms with Gasteiger partial charge < -0.3 is 9.64 Å². The van der Waals surface area contributed by atoms with Gasteiger partial charge in [0.2, 0.25) is 0 Å². The molecule has 0 aromatic rings. The fraction of sp³-hybridized carbons (Fsp3) is 0.900. The minimum atomic E-state index is -0.0374. The van der Waals surface area contributed by atoms with E-state index in [1.165, 1.54) is 0 Å². The summed E-state index contributed by atoms with van der Waals surface area (Å²) in [6.45, 7) is 9.70. The monoisotopic (exact) mass is 184 g/mol. The first kappa shape index (κ1) is 10.5. The lowest BCUT2D eigenvalue weighted by Crippen LogP contribution is -2.40. The van der Waals surface area contributed by atoms with Gasteiger partial charge in [0, 0.05) is 25.1 Å². The summed E-state index contributed by atoms with van der Waals surface area (Å²) in [4.78, 5) is 2.13. The molecule has 1 N–H and O–H groups in total. The molecule has 0 bridgehead atoms. The Hall–Kier alpha value is -0.570. The summed E-state index contributed by atoms with van der Waals surface area (Å²) in [5.41, 5.74) is -0.0374. The third-order valence-corrected chi connectivity index (χ3v) is 2.25. The van der Waals surface area contributed by atoms with Gasteiger partial charge >= 0.3 is 0 Å². The Morgan fingerprint density at radius 2 is 1.92 bits per heavy atom. The van der Waals surface area contributed by atoms with Crippen LogP contribution in [0, 0.1) is 10.8 Å². The number of amidine groups is 1. The zero-order chi connectivity index (χ0) is 9.90. The molecule has 1 aliphatic rings. The quantitative estimate of drug-likeness (QED) is 0.460. The third-order valence-electron chi connectivity index (χ3n) is 2.25. The van der Waals surface area contributed by atoms with Gasteiger partial charge in [-0.15, -0.1) is 0 Å². The van der Waals surface area contributed by atoms with E-state index in [2.05, 4.69) is 25.7 Å². The van der Waals surface area contributed by atoms with E-state index in [9.17, 15) is 0 Å². The molecular formula is C10H20N2O. The van der Waals surface area contributed by atoms with Crippen molar-refractivity contribution in [3.05, 3.63) is 0 Å². The molecule has 1 rings (SSSR count). The van der Waals surface area contributed by atoms with Gasteiger partial charge in [0.05, 0.1) is 6.61 Å². The maximum atomic E-state index is 8.00. The molecule has 0 spiro atoms. The minimum Gasteiger partial charge on any atom is -0.380 e. The number of hydrogen-bond acceptors (Lipinski definition) is 2. The number of nitrogens with one attached hydrogen (secondary N) is 1. The highest BCUT2D eigenvalue weighted by atomic mass is 16.5. The summed E-state index contributed by atoms with van der Waals surface area (Å²) in [6, 6.07) is 0. The Morgan fingerprint density at radius 3 is 2.54 bits per heavy atom. The van der Waals surface area contributed by atoms with Crippen LogP contribution in [-0.4, -0.2) is 37.0 Å². The molecule has 0 atom stereocenters. The van der Waals surface area contributed by atoms with Gasteiger partial charge in [-0.25, -0.2) is 0 Å². The number of nitrogens with zero attached hydrogens (tertiary/aromatic N) is 1. The second-order valence-electron chi connectivity index (χ2n) is 4.55. The van der Waals surface area contributed by atoms with Gasteiger partial charge in [-0.3, -0.25) is 5.41 Å². The van der Waals surface area contributed by atoms with Gasteiger partial charge in [0.15, 0.2) is 0 Å². The van der Waals surface area contributed by atoms with E-state index in [0.717, 1.165) is 38.6 Å². The normalized spacial score (nSPS) is 19.8. The number of hydrogen-bond donors (Lipinski definition) is 1. The first-order chi connectivity index (χ1) is 6.02. The Bertz CT molecular complexity index is 176. The molecule has 0 amide bonds. The molecule has 76 valence electrons. The molecule has 0 unspecified atom stereocenters. The van der Waals surface area contributed by atoms with Crippen LogP contribution in [0.5, 0.6) is 0 Å². The van der Waals surface area contributed by atoms with Crippen LogP contribution < -0.4 is 0 Å². The number of rotatable bonds is 0. The van der Waals surface area contributed by atoms with Crippen molar-refractivity contribution < 1.29 is 4.74 Å². The van der Waals surface area contributed by atoms with E-state index in [1.807, 2.05) is 0 Å². The van der Waals surface area contributed by atoms with Crippen LogP contribution in [0.3, 0.4) is 0 Å². The Labute approximate surface area is 80.6 Å². The van der Waals surface area contributed by atoms with Crippen LogP contribution in [0.2, 0.25) is 0 Å². The lowest BCUT2D eigenvalue weighted by molar-refractivity contribution is 0.147. The average Bonchev–Trinajstić information content (AvgIpc) is 2.28. The second-order valence-corrected chi connectivity index (χ2v) is 4.55. The maximum Gasteiger partial charge on any atom is 0.101 e. The summed E-state index contributed by atoms with van der Waals surface area (Å²) in [7, 11) is 0. The Kier molecular flexibility index (Phi) is 3.31. The largest absolute Gasteiger partial charge is 0.380 e. The molecule has 0 aromatic carbocycles. The van der Waals surface area contributed by atoms with Crippen molar-refractivity contribution in [3.63, 3.8) is 0 Å². The third kappa shape index (κ3) is 2.99. The van der Waals surface area contributed by atoms with Gasteiger partial charge in [-0.1, -0.05) is 20.8 Å². The first-order valence-electron chi connectivity index (χ1n) is 4.93. The summed E-state index contributed by atoms with van der Waals surface area (Å²) in [5.74, 6) is 0.734. The van der Waals surface area contributed by atoms with Gasteiger partial charge in [0.1, 0.15) is 5.84 Å². The predicted molar refractivity (Wildman–Crippen MR) is 54.2 cm³/mol. The molecule has 3 heteroatoms. The summed E-state index contributed by atoms with van der Waals surface area (Å²) < 4.78 is 5.35. The van der Waals surface area contributed by atoms with Crippen LogP contribution in [0.4, 0.5) is 0 Å². The lowest BCUT2D eigenvalue weighted by Gasteiger charge is -2.31. The fourth-order valence-corrected chi connectivity index (χ4v) is 1.44. The molecular weight excluding hydrogens is 164 g/mol. The molecule has 1 aliphatic heterocycles. The first-order valence-corrected chi connectivity index (χ1v) is 4.93. The van der Waals surface area contributed by atoms with E-state index in [0.29, 0.717) is 0 Å². The number of ether oxygens (including phenoxy) is 1. The maximum absolute atomic E-state index is 8.00. The summed E-state index contributed by atoms with van der Waals surface area (Å²) in [6.07, 6.45) is 1.04. The molecule has 0 saturated carbocycles. The molecule has 1 saturated heterocycles. The van der Waals surface area contributed by atoms with E-state index in [-0.39, 0.29) is 5.41 Å². The molecule has 0 aliphatic carbocycles. The van der Waals surface area contributed by atoms with E-state index < -0.39 is 0 Å². The molecule has 1 fully saturated rings. The fourth-order valence-electron chi connectivity index (χ4n) is 1.44. The van der Waals surface area contributed by atoms with Crippen LogP contribution >= 0.6 is 0 Å². The molecule has 0 aromatic heterocycles. The molecule has 3 nitrogen and oxygen atoms in total. The topological polar surface area (TPSA) is 36.3 Å². The highest BCUT2D eigenvalue weighted by molar-refractivity contribution is 5.84. The smallest absolute Gasteiger partial charge is 0.101 e. The van der Waals surface area contributed by atoms with Crippen molar-refractivity contribution in [1.82, 2.24) is 4.90 Å². The minimum absolute atomic E-state index is 0.0374. The zero-order valence-corrected chi connectivity index (χ0v) is 8.89. The Balaban J connectivity index is 2.54. The molecule has 13 heavy (non-hydrogen) atoms. The van der Waals surface area contributed by atoms with Crippen molar-refractivity contribution in [3.8, 4) is 0 Å². The van der Waals surface area contributed by atoms with Crippen LogP contribution in [0.15, 0.2) is 0 Å². The van der Waals surface area contributed by atoms with Gasteiger partial charge in [-0.05, 0) is 6.42 Å². The van der Waals surface area contributed by atoms with Crippen LogP contribution in [0.1, 0.15) is 27.2 Å². The van der Waals surface area contributed by atoms with E-state index >= 15 is 0 Å². The second kappa shape index (κ2) is 4.09. The molecule has 0 radical (unpaired) electrons. The highest BCUT2D eigenvalue weighted by Gasteiger charge is 2.23. The van der Waals surface area contributed by atoms with E-state index in [4.69, 9.17) is 10.1 Å². The molecule has 1 heterocycles. The van der Waals surface area contributed by atoms with Crippen LogP contribution in [0.25, 0.3) is 0 Å². The van der Waals surface area contributed by atoms with E-state index in [1.54, 1.807) is 0 Å². The van der Waals surface area contributed by atoms with Crippen molar-refractivity contribution in [1.29, 1.82) is 5.41 Å². The Morgan fingerprint density at radius 1 is 1.23 bits per heavy atom. The van der Waals surface area contributed by atoms with Gasteiger partial charge in [-0.2, -0.15) is 0 Å². The lowest BCUT2D eigenvalue weighted by atomic mass is 9.94. The average molecular weight is 184 g/mol. The predicted octanol–water partition coefficient (Wildman–Crippen LogP) is 1.73. The van der Waals surface area contributed by atoms with Crippen molar-refractivity contribution in [2.75, 3.05) is 26.3 Å².